The van der Waals surface area contributed by atoms with E-state index < -0.39 is 12.2 Å². The van der Waals surface area contributed by atoms with Crippen LogP contribution in [0.3, 0.4) is 0 Å². The molecule has 3 rings (SSSR count). The maximum Gasteiger partial charge on any atom is 0.289 e. The molecular formula is C13H14N2O4. The van der Waals surface area contributed by atoms with Crippen LogP contribution >= 0.6 is 0 Å². The average Bonchev–Trinajstić information content (AvgIpc) is 2.92. The minimum absolute atomic E-state index is 0.110. The van der Waals surface area contributed by atoms with Gasteiger partial charge in [0.15, 0.2) is 5.76 Å². The van der Waals surface area contributed by atoms with Crippen molar-refractivity contribution in [3.05, 3.63) is 30.0 Å². The number of hydrogen-bond acceptors (Lipinski definition) is 5. The zero-order valence-electron chi connectivity index (χ0n) is 10.1. The summed E-state index contributed by atoms with van der Waals surface area (Å²) in [6, 6.07) is 6.74. The number of hydrogen-bond donors (Lipinski definition) is 3. The number of likely N-dealkylation sites (tertiary alicyclic amines) is 1. The molecule has 2 heterocycles. The molecule has 100 valence electrons. The first-order valence-corrected chi connectivity index (χ1v) is 5.99. The summed E-state index contributed by atoms with van der Waals surface area (Å²) in [6.07, 6.45) is -1.80. The molecule has 1 saturated heterocycles. The molecular weight excluding hydrogens is 248 g/mol. The molecule has 4 N–H and O–H groups in total. The van der Waals surface area contributed by atoms with E-state index in [0.717, 1.165) is 5.39 Å². The second-order valence-corrected chi connectivity index (χ2v) is 4.75. The Morgan fingerprint density at radius 2 is 1.95 bits per heavy atom. The van der Waals surface area contributed by atoms with Crippen LogP contribution < -0.4 is 5.73 Å². The predicted molar refractivity (Wildman–Crippen MR) is 68.5 cm³/mol. The molecule has 1 aromatic heterocycles. The number of β-amino-alcohol motifs (C(OH)–C–C–N with tert-alkyl or cyclic N) is 2. The van der Waals surface area contributed by atoms with Crippen LogP contribution in [0.15, 0.2) is 28.7 Å². The fourth-order valence-corrected chi connectivity index (χ4v) is 2.26. The number of benzene rings is 1. The Morgan fingerprint density at radius 1 is 1.26 bits per heavy atom. The van der Waals surface area contributed by atoms with E-state index in [9.17, 15) is 15.0 Å². The highest BCUT2D eigenvalue weighted by atomic mass is 16.4. The first kappa shape index (κ1) is 12.0. The number of furan rings is 1. The van der Waals surface area contributed by atoms with Gasteiger partial charge in [0.2, 0.25) is 0 Å². The van der Waals surface area contributed by atoms with Crippen LogP contribution in [0.5, 0.6) is 0 Å². The highest BCUT2D eigenvalue weighted by Gasteiger charge is 2.34. The Hall–Kier alpha value is -2.05. The molecule has 0 radical (unpaired) electrons. The van der Waals surface area contributed by atoms with Gasteiger partial charge in [-0.15, -0.1) is 0 Å². The van der Waals surface area contributed by atoms with Crippen LogP contribution in [0.25, 0.3) is 11.0 Å². The lowest BCUT2D eigenvalue weighted by molar-refractivity contribution is 0.0572. The fourth-order valence-electron chi connectivity index (χ4n) is 2.26. The number of aliphatic hydroxyl groups excluding tert-OH is 2. The van der Waals surface area contributed by atoms with E-state index in [1.54, 1.807) is 24.3 Å². The van der Waals surface area contributed by atoms with E-state index >= 15 is 0 Å². The van der Waals surface area contributed by atoms with Crippen LogP contribution in [0.2, 0.25) is 0 Å². The fraction of sp³-hybridized carbons (Fsp3) is 0.308. The summed E-state index contributed by atoms with van der Waals surface area (Å²) in [6.45, 7) is 0.221. The molecule has 0 unspecified atom stereocenters. The van der Waals surface area contributed by atoms with Crippen LogP contribution in [0.4, 0.5) is 5.69 Å². The molecule has 1 amide bonds. The summed E-state index contributed by atoms with van der Waals surface area (Å²) in [5.74, 6) is -0.160. The van der Waals surface area contributed by atoms with Crippen molar-refractivity contribution >= 4 is 22.6 Å². The predicted octanol–water partition coefficient (Wildman–Crippen LogP) is 0.193. The van der Waals surface area contributed by atoms with Gasteiger partial charge < -0.3 is 25.3 Å². The second kappa shape index (κ2) is 4.25. The van der Waals surface area contributed by atoms with Gasteiger partial charge >= 0.3 is 0 Å². The van der Waals surface area contributed by atoms with Gasteiger partial charge in [0, 0.05) is 24.2 Å². The zero-order valence-corrected chi connectivity index (χ0v) is 10.1. The van der Waals surface area contributed by atoms with Gasteiger partial charge in [-0.1, -0.05) is 0 Å². The van der Waals surface area contributed by atoms with E-state index in [4.69, 9.17) is 10.2 Å². The van der Waals surface area contributed by atoms with Gasteiger partial charge in [-0.25, -0.2) is 0 Å². The lowest BCUT2D eigenvalue weighted by atomic mass is 10.2. The first-order valence-electron chi connectivity index (χ1n) is 5.99. The van der Waals surface area contributed by atoms with Crippen molar-refractivity contribution in [2.45, 2.75) is 12.2 Å². The van der Waals surface area contributed by atoms with Gasteiger partial charge in [0.1, 0.15) is 5.58 Å². The Morgan fingerprint density at radius 3 is 2.63 bits per heavy atom. The summed E-state index contributed by atoms with van der Waals surface area (Å²) in [5, 5.41) is 19.7. The highest BCUT2D eigenvalue weighted by Crippen LogP contribution is 2.23. The molecule has 0 bridgehead atoms. The van der Waals surface area contributed by atoms with E-state index in [1.165, 1.54) is 4.90 Å². The van der Waals surface area contributed by atoms with Crippen molar-refractivity contribution in [1.29, 1.82) is 0 Å². The number of carbonyl (C=O) groups is 1. The number of nitrogen functional groups attached to an aromatic ring is 1. The van der Waals surface area contributed by atoms with Crippen LogP contribution in [0, 0.1) is 0 Å². The molecule has 2 aromatic rings. The molecule has 1 aliphatic heterocycles. The van der Waals surface area contributed by atoms with Crippen LogP contribution in [-0.4, -0.2) is 46.3 Å². The van der Waals surface area contributed by atoms with E-state index in [2.05, 4.69) is 0 Å². The minimum Gasteiger partial charge on any atom is -0.451 e. The summed E-state index contributed by atoms with van der Waals surface area (Å²) >= 11 is 0. The maximum atomic E-state index is 12.2. The number of carbonyl (C=O) groups excluding carboxylic acids is 1. The number of nitrogens with two attached hydrogens (primary N) is 1. The number of nitrogens with zero attached hydrogens (tertiary/aromatic N) is 1. The van der Waals surface area contributed by atoms with E-state index in [1.807, 2.05) is 0 Å². The third-order valence-electron chi connectivity index (χ3n) is 3.30. The first-order chi connectivity index (χ1) is 9.04. The normalized spacial score (nSPS) is 23.2. The molecule has 0 saturated carbocycles. The highest BCUT2D eigenvalue weighted by molar-refractivity contribution is 5.96. The van der Waals surface area contributed by atoms with Crippen molar-refractivity contribution in [3.8, 4) is 0 Å². The van der Waals surface area contributed by atoms with Crippen molar-refractivity contribution in [2.75, 3.05) is 18.8 Å². The molecule has 2 atom stereocenters. The van der Waals surface area contributed by atoms with Gasteiger partial charge in [-0.3, -0.25) is 4.79 Å². The quantitative estimate of drug-likeness (QED) is 0.637. The third-order valence-corrected chi connectivity index (χ3v) is 3.30. The molecule has 6 heteroatoms. The van der Waals surface area contributed by atoms with E-state index in [-0.39, 0.29) is 24.8 Å². The number of fused-ring (bicyclic) bond motifs is 1. The lowest BCUT2D eigenvalue weighted by Gasteiger charge is -2.12. The SMILES string of the molecule is Nc1ccc2oc(C(=O)N3C[C@@H](O)[C@@H](O)C3)cc2c1. The molecule has 0 spiro atoms. The number of anilines is 1. The van der Waals surface area contributed by atoms with Crippen LogP contribution in [0.1, 0.15) is 10.6 Å². The Labute approximate surface area is 109 Å². The van der Waals surface area contributed by atoms with E-state index in [0.29, 0.717) is 11.3 Å². The van der Waals surface area contributed by atoms with Crippen molar-refractivity contribution in [3.63, 3.8) is 0 Å². The molecule has 1 aromatic carbocycles. The number of aliphatic hydroxyl groups is 2. The molecule has 1 fully saturated rings. The summed E-state index contributed by atoms with van der Waals surface area (Å²) < 4.78 is 5.46. The molecule has 6 nitrogen and oxygen atoms in total. The van der Waals surface area contributed by atoms with Crippen molar-refractivity contribution < 1.29 is 19.4 Å². The van der Waals surface area contributed by atoms with Gasteiger partial charge in [-0.2, -0.15) is 0 Å². The molecule has 0 aliphatic carbocycles. The Balaban J connectivity index is 1.90. The standard InChI is InChI=1S/C13H14N2O4/c14-8-1-2-11-7(3-8)4-12(19-11)13(18)15-5-9(16)10(17)6-15/h1-4,9-10,16-17H,5-6,14H2/t9-,10+. The lowest BCUT2D eigenvalue weighted by Crippen LogP contribution is -2.29. The topological polar surface area (TPSA) is 99.9 Å². The third kappa shape index (κ3) is 2.05. The van der Waals surface area contributed by atoms with Gasteiger partial charge in [0.25, 0.3) is 5.91 Å². The number of rotatable bonds is 1. The molecule has 1 aliphatic rings. The van der Waals surface area contributed by atoms with Gasteiger partial charge in [0.05, 0.1) is 12.2 Å². The Bertz CT molecular complexity index is 627. The minimum atomic E-state index is -0.899. The summed E-state index contributed by atoms with van der Waals surface area (Å²) in [4.78, 5) is 13.5. The summed E-state index contributed by atoms with van der Waals surface area (Å²) in [7, 11) is 0. The van der Waals surface area contributed by atoms with Gasteiger partial charge in [-0.05, 0) is 24.3 Å². The monoisotopic (exact) mass is 262 g/mol. The summed E-state index contributed by atoms with van der Waals surface area (Å²) in [5.41, 5.74) is 6.84. The zero-order chi connectivity index (χ0) is 13.6. The maximum absolute atomic E-state index is 12.2. The number of amides is 1. The smallest absolute Gasteiger partial charge is 0.289 e. The molecule has 19 heavy (non-hydrogen) atoms. The second-order valence-electron chi connectivity index (χ2n) is 4.75. The van der Waals surface area contributed by atoms with Crippen molar-refractivity contribution in [1.82, 2.24) is 4.90 Å². The average molecular weight is 262 g/mol. The Kier molecular flexibility index (Phi) is 2.69. The largest absolute Gasteiger partial charge is 0.451 e. The van der Waals surface area contributed by atoms with Crippen molar-refractivity contribution in [2.24, 2.45) is 0 Å². The van der Waals surface area contributed by atoms with Crippen LogP contribution in [-0.2, 0) is 0 Å².